The lowest BCUT2D eigenvalue weighted by molar-refractivity contribution is 0.222. The predicted molar refractivity (Wildman–Crippen MR) is 100 cm³/mol. The van der Waals surface area contributed by atoms with E-state index in [1.165, 1.54) is 0 Å². The van der Waals surface area contributed by atoms with E-state index in [4.69, 9.17) is 0 Å². The van der Waals surface area contributed by atoms with Crippen LogP contribution >= 0.6 is 0 Å². The number of benzene rings is 1. The van der Waals surface area contributed by atoms with Gasteiger partial charge in [-0.25, -0.2) is 14.6 Å². The van der Waals surface area contributed by atoms with Crippen molar-refractivity contribution in [2.75, 3.05) is 31.1 Å². The fourth-order valence-corrected chi connectivity index (χ4v) is 3.34. The smallest absolute Gasteiger partial charge is 0.225 e. The molecule has 0 radical (unpaired) electrons. The Balaban J connectivity index is 1.44. The summed E-state index contributed by atoms with van der Waals surface area (Å²) in [7, 11) is 0. The molecule has 1 aliphatic heterocycles. The molecule has 1 fully saturated rings. The summed E-state index contributed by atoms with van der Waals surface area (Å²) in [6, 6.07) is 12.2. The van der Waals surface area contributed by atoms with Crippen molar-refractivity contribution in [3.05, 3.63) is 60.7 Å². The van der Waals surface area contributed by atoms with Crippen molar-refractivity contribution in [1.29, 1.82) is 0 Å². The molecule has 7 nitrogen and oxygen atoms in total. The van der Waals surface area contributed by atoms with Gasteiger partial charge in [0, 0.05) is 38.6 Å². The summed E-state index contributed by atoms with van der Waals surface area (Å²) in [6.45, 7) is 6.08. The zero-order valence-electron chi connectivity index (χ0n) is 14.9. The third kappa shape index (κ3) is 3.57. The molecule has 1 aromatic carbocycles. The molecular formula is C19H23N7. The van der Waals surface area contributed by atoms with Crippen molar-refractivity contribution in [2.24, 2.45) is 0 Å². The molecule has 3 heterocycles. The maximum atomic E-state index is 4.41. The molecule has 1 unspecified atom stereocenters. The second-order valence-electron chi connectivity index (χ2n) is 6.52. The molecule has 26 heavy (non-hydrogen) atoms. The Hall–Kier alpha value is -2.80. The molecule has 134 valence electrons. The normalized spacial score (nSPS) is 17.0. The van der Waals surface area contributed by atoms with Crippen LogP contribution in [0.5, 0.6) is 0 Å². The third-order valence-electron chi connectivity index (χ3n) is 4.87. The van der Waals surface area contributed by atoms with Gasteiger partial charge in [-0.15, -0.1) is 5.10 Å². The first-order valence-electron chi connectivity index (χ1n) is 9.05. The van der Waals surface area contributed by atoms with E-state index in [9.17, 15) is 0 Å². The molecule has 0 amide bonds. The molecular weight excluding hydrogens is 326 g/mol. The minimum Gasteiger partial charge on any atom is -0.339 e. The van der Waals surface area contributed by atoms with Gasteiger partial charge < -0.3 is 4.90 Å². The van der Waals surface area contributed by atoms with Crippen LogP contribution in [0.15, 0.2) is 55.0 Å². The molecule has 7 heteroatoms. The Morgan fingerprint density at radius 1 is 0.923 bits per heavy atom. The molecule has 2 aromatic heterocycles. The lowest BCUT2D eigenvalue weighted by atomic mass is 10.2. The van der Waals surface area contributed by atoms with E-state index in [2.05, 4.69) is 37.0 Å². The minimum absolute atomic E-state index is 0.226. The van der Waals surface area contributed by atoms with Gasteiger partial charge in [0.05, 0.1) is 23.6 Å². The molecule has 1 aliphatic rings. The Bertz CT molecular complexity index is 818. The average Bonchev–Trinajstić information content (AvgIpc) is 3.07. The maximum Gasteiger partial charge on any atom is 0.225 e. The second-order valence-corrected chi connectivity index (χ2v) is 6.52. The molecule has 1 atom stereocenters. The highest BCUT2D eigenvalue weighted by Gasteiger charge is 2.23. The lowest BCUT2D eigenvalue weighted by Gasteiger charge is -2.26. The summed E-state index contributed by atoms with van der Waals surface area (Å²) in [5, 5.41) is 8.71. The first-order valence-corrected chi connectivity index (χ1v) is 9.05. The van der Waals surface area contributed by atoms with Crippen LogP contribution in [0.2, 0.25) is 0 Å². The van der Waals surface area contributed by atoms with Gasteiger partial charge in [-0.3, -0.25) is 4.90 Å². The SMILES string of the molecule is CC(c1cn(-c2ccccc2)nn1)N1CCCN(c2ncccn2)CC1. The molecule has 4 rings (SSSR count). The van der Waals surface area contributed by atoms with Crippen molar-refractivity contribution < 1.29 is 0 Å². The zero-order valence-corrected chi connectivity index (χ0v) is 14.9. The first kappa shape index (κ1) is 16.7. The largest absolute Gasteiger partial charge is 0.339 e. The standard InChI is InChI=1S/C19H23N7/c1-16(18-15-26(23-22-18)17-7-3-2-4-8-17)24-11-6-12-25(14-13-24)19-20-9-5-10-21-19/h2-5,7-10,15-16H,6,11-14H2,1H3. The highest BCUT2D eigenvalue weighted by Crippen LogP contribution is 2.21. The van der Waals surface area contributed by atoms with Gasteiger partial charge in [-0.1, -0.05) is 23.4 Å². The summed E-state index contributed by atoms with van der Waals surface area (Å²) >= 11 is 0. The van der Waals surface area contributed by atoms with Crippen LogP contribution in [-0.4, -0.2) is 56.0 Å². The Labute approximate surface area is 153 Å². The van der Waals surface area contributed by atoms with Crippen LogP contribution in [-0.2, 0) is 0 Å². The molecule has 0 N–H and O–H groups in total. The monoisotopic (exact) mass is 349 g/mol. The van der Waals surface area contributed by atoms with Crippen molar-refractivity contribution >= 4 is 5.95 Å². The third-order valence-corrected chi connectivity index (χ3v) is 4.87. The summed E-state index contributed by atoms with van der Waals surface area (Å²) < 4.78 is 1.84. The number of hydrogen-bond donors (Lipinski definition) is 0. The van der Waals surface area contributed by atoms with Crippen molar-refractivity contribution in [1.82, 2.24) is 29.9 Å². The van der Waals surface area contributed by atoms with Crippen LogP contribution < -0.4 is 4.90 Å². The van der Waals surface area contributed by atoms with E-state index in [0.717, 1.165) is 49.9 Å². The average molecular weight is 349 g/mol. The topological polar surface area (TPSA) is 63.0 Å². The number of nitrogens with zero attached hydrogens (tertiary/aromatic N) is 7. The number of hydrogen-bond acceptors (Lipinski definition) is 6. The van der Waals surface area contributed by atoms with E-state index in [1.54, 1.807) is 12.4 Å². The van der Waals surface area contributed by atoms with E-state index in [0.29, 0.717) is 0 Å². The summed E-state index contributed by atoms with van der Waals surface area (Å²) in [6.07, 6.45) is 6.71. The molecule has 0 aliphatic carbocycles. The van der Waals surface area contributed by atoms with E-state index in [1.807, 2.05) is 47.3 Å². The van der Waals surface area contributed by atoms with E-state index < -0.39 is 0 Å². The number of anilines is 1. The van der Waals surface area contributed by atoms with Crippen molar-refractivity contribution in [3.8, 4) is 5.69 Å². The quantitative estimate of drug-likeness (QED) is 0.720. The van der Waals surface area contributed by atoms with Gasteiger partial charge in [0.2, 0.25) is 5.95 Å². The van der Waals surface area contributed by atoms with Crippen LogP contribution in [0, 0.1) is 0 Å². The number of rotatable bonds is 4. The van der Waals surface area contributed by atoms with Gasteiger partial charge in [0.25, 0.3) is 0 Å². The second kappa shape index (κ2) is 7.61. The van der Waals surface area contributed by atoms with Gasteiger partial charge in [0.1, 0.15) is 0 Å². The summed E-state index contributed by atoms with van der Waals surface area (Å²) in [4.78, 5) is 13.5. The van der Waals surface area contributed by atoms with Gasteiger partial charge in [0.15, 0.2) is 0 Å². The highest BCUT2D eigenvalue weighted by molar-refractivity contribution is 5.30. The maximum absolute atomic E-state index is 4.41. The number of para-hydroxylation sites is 1. The zero-order chi connectivity index (χ0) is 17.8. The Kier molecular flexibility index (Phi) is 4.88. The van der Waals surface area contributed by atoms with Crippen molar-refractivity contribution in [2.45, 2.75) is 19.4 Å². The van der Waals surface area contributed by atoms with Crippen molar-refractivity contribution in [3.63, 3.8) is 0 Å². The fraction of sp³-hybridized carbons (Fsp3) is 0.368. The molecule has 1 saturated heterocycles. The van der Waals surface area contributed by atoms with Gasteiger partial charge in [-0.05, 0) is 31.5 Å². The Morgan fingerprint density at radius 3 is 2.54 bits per heavy atom. The first-order chi connectivity index (χ1) is 12.8. The molecule has 0 saturated carbocycles. The van der Waals surface area contributed by atoms with Crippen LogP contribution in [0.1, 0.15) is 25.1 Å². The Morgan fingerprint density at radius 2 is 1.73 bits per heavy atom. The van der Waals surface area contributed by atoms with E-state index in [-0.39, 0.29) is 6.04 Å². The summed E-state index contributed by atoms with van der Waals surface area (Å²) in [5.74, 6) is 0.817. The number of aromatic nitrogens is 5. The lowest BCUT2D eigenvalue weighted by Crippen LogP contribution is -2.33. The molecule has 0 spiro atoms. The van der Waals surface area contributed by atoms with Crippen LogP contribution in [0.4, 0.5) is 5.95 Å². The molecule has 3 aromatic rings. The fourth-order valence-electron chi connectivity index (χ4n) is 3.34. The van der Waals surface area contributed by atoms with Crippen LogP contribution in [0.25, 0.3) is 5.69 Å². The van der Waals surface area contributed by atoms with Crippen LogP contribution in [0.3, 0.4) is 0 Å². The van der Waals surface area contributed by atoms with Gasteiger partial charge >= 0.3 is 0 Å². The van der Waals surface area contributed by atoms with E-state index >= 15 is 0 Å². The molecule has 0 bridgehead atoms. The van der Waals surface area contributed by atoms with Gasteiger partial charge in [-0.2, -0.15) is 0 Å². The highest BCUT2D eigenvalue weighted by atomic mass is 15.4. The minimum atomic E-state index is 0.226. The predicted octanol–water partition coefficient (Wildman–Crippen LogP) is 2.33. The summed E-state index contributed by atoms with van der Waals surface area (Å²) in [5.41, 5.74) is 2.03.